The molecule has 1 aliphatic heterocycles. The van der Waals surface area contributed by atoms with Crippen LogP contribution in [0.3, 0.4) is 0 Å². The van der Waals surface area contributed by atoms with Gasteiger partial charge in [-0.1, -0.05) is 75.9 Å². The molecule has 1 unspecified atom stereocenters. The largest absolute Gasteiger partial charge is 0.372 e. The molecule has 1 aromatic carbocycles. The van der Waals surface area contributed by atoms with E-state index >= 15 is 0 Å². The van der Waals surface area contributed by atoms with Crippen LogP contribution in [-0.2, 0) is 17.8 Å². The molecule has 6 heteroatoms. The van der Waals surface area contributed by atoms with Crippen LogP contribution in [0.5, 0.6) is 0 Å². The lowest BCUT2D eigenvalue weighted by Crippen LogP contribution is -2.28. The van der Waals surface area contributed by atoms with Crippen LogP contribution in [0, 0.1) is 12.8 Å². The highest BCUT2D eigenvalue weighted by Crippen LogP contribution is 2.36. The van der Waals surface area contributed by atoms with Gasteiger partial charge in [0.15, 0.2) is 5.16 Å². The molecule has 32 heavy (non-hydrogen) atoms. The van der Waals surface area contributed by atoms with Gasteiger partial charge in [0.05, 0.1) is 23.8 Å². The number of nitrogens with zero attached hydrogens (tertiary/aromatic N) is 2. The van der Waals surface area contributed by atoms with Crippen LogP contribution in [0.15, 0.2) is 34.2 Å². The van der Waals surface area contributed by atoms with E-state index in [4.69, 9.17) is 9.72 Å². The Balaban J connectivity index is 1.74. The fourth-order valence-electron chi connectivity index (χ4n) is 4.22. The zero-order valence-electron chi connectivity index (χ0n) is 19.6. The topological polar surface area (TPSA) is 44.1 Å². The number of hydrogen-bond donors (Lipinski definition) is 0. The Kier molecular flexibility index (Phi) is 7.74. The number of unbranched alkanes of at least 4 members (excludes halogenated alkanes) is 4. The maximum atomic E-state index is 13.9. The summed E-state index contributed by atoms with van der Waals surface area (Å²) < 4.78 is 7.91. The van der Waals surface area contributed by atoms with Gasteiger partial charge in [0.2, 0.25) is 0 Å². The Bertz CT molecular complexity index is 1120. The van der Waals surface area contributed by atoms with Crippen LogP contribution in [0.1, 0.15) is 68.9 Å². The van der Waals surface area contributed by atoms with Crippen molar-refractivity contribution in [3.63, 3.8) is 0 Å². The highest BCUT2D eigenvalue weighted by Gasteiger charge is 2.28. The Morgan fingerprint density at radius 2 is 1.94 bits per heavy atom. The first-order valence-electron chi connectivity index (χ1n) is 11.9. The summed E-state index contributed by atoms with van der Waals surface area (Å²) >= 11 is 3.35. The first kappa shape index (κ1) is 23.5. The van der Waals surface area contributed by atoms with Gasteiger partial charge in [0, 0.05) is 17.1 Å². The molecule has 0 aliphatic carbocycles. The molecule has 2 aromatic heterocycles. The number of fused-ring (bicyclic) bond motifs is 3. The minimum absolute atomic E-state index is 0.0641. The van der Waals surface area contributed by atoms with E-state index in [-0.39, 0.29) is 11.7 Å². The lowest BCUT2D eigenvalue weighted by atomic mass is 9.96. The van der Waals surface area contributed by atoms with Gasteiger partial charge in [-0.05, 0) is 37.0 Å². The SMILES string of the molecule is CCCCCCCSc1nc2sc3c(c2c(=O)n1-c1ccc(C)cc1)CC(C(C)C)OC3. The van der Waals surface area contributed by atoms with E-state index in [9.17, 15) is 4.79 Å². The Morgan fingerprint density at radius 3 is 2.66 bits per heavy atom. The summed E-state index contributed by atoms with van der Waals surface area (Å²) in [6.45, 7) is 9.26. The fraction of sp³-hybridized carbons (Fsp3) is 0.538. The van der Waals surface area contributed by atoms with Gasteiger partial charge in [-0.15, -0.1) is 11.3 Å². The monoisotopic (exact) mass is 470 g/mol. The van der Waals surface area contributed by atoms with Gasteiger partial charge < -0.3 is 4.74 Å². The van der Waals surface area contributed by atoms with E-state index < -0.39 is 0 Å². The lowest BCUT2D eigenvalue weighted by molar-refractivity contribution is 0.00200. The van der Waals surface area contributed by atoms with Crippen LogP contribution in [-0.4, -0.2) is 21.4 Å². The van der Waals surface area contributed by atoms with Crippen LogP contribution >= 0.6 is 23.1 Å². The second-order valence-electron chi connectivity index (χ2n) is 9.11. The van der Waals surface area contributed by atoms with Crippen molar-refractivity contribution in [2.75, 3.05) is 5.75 Å². The zero-order chi connectivity index (χ0) is 22.7. The van der Waals surface area contributed by atoms with E-state index in [1.807, 2.05) is 16.7 Å². The van der Waals surface area contributed by atoms with Crippen molar-refractivity contribution in [3.05, 3.63) is 50.6 Å². The molecule has 0 fully saturated rings. The molecule has 0 amide bonds. The summed E-state index contributed by atoms with van der Waals surface area (Å²) in [5, 5.41) is 1.61. The molecule has 172 valence electrons. The molecule has 0 saturated carbocycles. The van der Waals surface area contributed by atoms with Crippen molar-refractivity contribution >= 4 is 33.3 Å². The molecular formula is C26H34N2O2S2. The molecule has 1 atom stereocenters. The molecule has 1 aliphatic rings. The third kappa shape index (κ3) is 4.97. The number of rotatable bonds is 9. The van der Waals surface area contributed by atoms with Crippen molar-refractivity contribution in [2.45, 2.75) is 84.1 Å². The predicted octanol–water partition coefficient (Wildman–Crippen LogP) is 6.92. The third-order valence-electron chi connectivity index (χ3n) is 6.23. The highest BCUT2D eigenvalue weighted by molar-refractivity contribution is 7.99. The number of benzene rings is 1. The molecule has 3 heterocycles. The van der Waals surface area contributed by atoms with E-state index in [2.05, 4.69) is 39.8 Å². The van der Waals surface area contributed by atoms with Gasteiger partial charge in [-0.2, -0.15) is 0 Å². The number of hydrogen-bond acceptors (Lipinski definition) is 5. The van der Waals surface area contributed by atoms with Crippen molar-refractivity contribution in [3.8, 4) is 5.69 Å². The molecule has 0 spiro atoms. The second kappa shape index (κ2) is 10.5. The third-order valence-corrected chi connectivity index (χ3v) is 8.35. The summed E-state index contributed by atoms with van der Waals surface area (Å²) in [6, 6.07) is 8.20. The van der Waals surface area contributed by atoms with Gasteiger partial charge >= 0.3 is 0 Å². The number of aryl methyl sites for hydroxylation is 1. The number of ether oxygens (including phenoxy) is 1. The summed E-state index contributed by atoms with van der Waals surface area (Å²) in [5.41, 5.74) is 3.31. The lowest BCUT2D eigenvalue weighted by Gasteiger charge is -2.26. The van der Waals surface area contributed by atoms with Crippen molar-refractivity contribution in [1.82, 2.24) is 9.55 Å². The summed E-state index contributed by atoms with van der Waals surface area (Å²) in [4.78, 5) is 21.0. The molecule has 0 N–H and O–H groups in total. The first-order valence-corrected chi connectivity index (χ1v) is 13.7. The zero-order valence-corrected chi connectivity index (χ0v) is 21.3. The Labute approximate surface area is 199 Å². The summed E-state index contributed by atoms with van der Waals surface area (Å²) in [5.74, 6) is 1.41. The van der Waals surface area contributed by atoms with E-state index in [1.165, 1.54) is 36.1 Å². The number of aromatic nitrogens is 2. The number of thiophene rings is 1. The minimum atomic E-state index is 0.0641. The van der Waals surface area contributed by atoms with Crippen LogP contribution < -0.4 is 5.56 Å². The fourth-order valence-corrected chi connectivity index (χ4v) is 6.40. The van der Waals surface area contributed by atoms with E-state index in [0.29, 0.717) is 12.5 Å². The predicted molar refractivity (Wildman–Crippen MR) is 137 cm³/mol. The molecule has 0 radical (unpaired) electrons. The Hall–Kier alpha value is -1.63. The maximum absolute atomic E-state index is 13.9. The molecule has 4 rings (SSSR count). The quantitative estimate of drug-likeness (QED) is 0.193. The van der Waals surface area contributed by atoms with Crippen molar-refractivity contribution < 1.29 is 4.74 Å². The summed E-state index contributed by atoms with van der Waals surface area (Å²) in [6.07, 6.45) is 7.16. The normalized spacial score (nSPS) is 16.1. The minimum Gasteiger partial charge on any atom is -0.372 e. The molecule has 0 bridgehead atoms. The standard InChI is InChI=1S/C26H34N2O2S2/c1-5-6-7-8-9-14-31-26-27-24-23(20-15-21(17(2)3)30-16-22(20)32-24)25(29)28(26)19-12-10-18(4)11-13-19/h10-13,17,21H,5-9,14-16H2,1-4H3. The number of thioether (sulfide) groups is 1. The smallest absolute Gasteiger partial charge is 0.267 e. The maximum Gasteiger partial charge on any atom is 0.267 e. The van der Waals surface area contributed by atoms with E-state index in [1.54, 1.807) is 23.1 Å². The van der Waals surface area contributed by atoms with Gasteiger partial charge in [-0.25, -0.2) is 4.98 Å². The van der Waals surface area contributed by atoms with Gasteiger partial charge in [0.25, 0.3) is 5.56 Å². The summed E-state index contributed by atoms with van der Waals surface area (Å²) in [7, 11) is 0. The van der Waals surface area contributed by atoms with Crippen LogP contribution in [0.2, 0.25) is 0 Å². The van der Waals surface area contributed by atoms with Gasteiger partial charge in [0.1, 0.15) is 4.83 Å². The molecular weight excluding hydrogens is 436 g/mol. The average molecular weight is 471 g/mol. The van der Waals surface area contributed by atoms with Crippen molar-refractivity contribution in [1.29, 1.82) is 0 Å². The highest BCUT2D eigenvalue weighted by atomic mass is 32.2. The van der Waals surface area contributed by atoms with Crippen LogP contribution in [0.25, 0.3) is 15.9 Å². The molecule has 0 saturated heterocycles. The van der Waals surface area contributed by atoms with Crippen molar-refractivity contribution in [2.24, 2.45) is 5.92 Å². The van der Waals surface area contributed by atoms with E-state index in [0.717, 1.165) is 45.2 Å². The molecule has 3 aromatic rings. The Morgan fingerprint density at radius 1 is 1.19 bits per heavy atom. The second-order valence-corrected chi connectivity index (χ2v) is 11.3. The molecule has 4 nitrogen and oxygen atoms in total. The average Bonchev–Trinajstić information content (AvgIpc) is 3.15. The van der Waals surface area contributed by atoms with Crippen LogP contribution in [0.4, 0.5) is 0 Å². The van der Waals surface area contributed by atoms with Gasteiger partial charge in [-0.3, -0.25) is 9.36 Å². The first-order chi connectivity index (χ1) is 15.5.